The van der Waals surface area contributed by atoms with Crippen molar-refractivity contribution in [1.82, 2.24) is 9.78 Å². The molecule has 1 heterocycles. The molecule has 0 amide bonds. The van der Waals surface area contributed by atoms with E-state index in [9.17, 15) is 14.9 Å². The highest BCUT2D eigenvalue weighted by Gasteiger charge is 2.37. The molecule has 7 heteroatoms. The molecule has 0 spiro atoms. The maximum Gasteiger partial charge on any atom is 0.363 e. The van der Waals surface area contributed by atoms with Crippen LogP contribution in [0.3, 0.4) is 0 Å². The number of rotatable bonds is 4. The molecule has 92 valence electrons. The van der Waals surface area contributed by atoms with Gasteiger partial charge in [-0.3, -0.25) is 10.1 Å². The van der Waals surface area contributed by atoms with Gasteiger partial charge in [0.1, 0.15) is 5.69 Å². The second-order valence-electron chi connectivity index (χ2n) is 3.94. The third-order valence-corrected chi connectivity index (χ3v) is 2.60. The Morgan fingerprint density at radius 1 is 1.65 bits per heavy atom. The summed E-state index contributed by atoms with van der Waals surface area (Å²) in [5, 5.41) is 15.0. The highest BCUT2D eigenvalue weighted by atomic mass is 16.6. The Morgan fingerprint density at radius 2 is 2.29 bits per heavy atom. The van der Waals surface area contributed by atoms with Crippen molar-refractivity contribution in [2.75, 3.05) is 6.61 Å². The van der Waals surface area contributed by atoms with Crippen LogP contribution in [0.15, 0.2) is 0 Å². The molecule has 1 saturated carbocycles. The molecule has 0 N–H and O–H groups in total. The molecule has 0 atom stereocenters. The van der Waals surface area contributed by atoms with Crippen LogP contribution in [-0.4, -0.2) is 27.3 Å². The molecule has 0 saturated heterocycles. The molecule has 2 rings (SSSR count). The molecular formula is C10H13N3O4. The van der Waals surface area contributed by atoms with Crippen LogP contribution in [0.4, 0.5) is 5.69 Å². The molecule has 0 aromatic carbocycles. The summed E-state index contributed by atoms with van der Waals surface area (Å²) in [5.41, 5.74) is -0.0165. The summed E-state index contributed by atoms with van der Waals surface area (Å²) in [5.74, 6) is -0.674. The highest BCUT2D eigenvalue weighted by Crippen LogP contribution is 2.38. The van der Waals surface area contributed by atoms with E-state index in [1.165, 1.54) is 11.6 Å². The summed E-state index contributed by atoms with van der Waals surface area (Å²) in [6.45, 7) is 3.37. The minimum absolute atomic E-state index is 0.0307. The Labute approximate surface area is 97.5 Å². The van der Waals surface area contributed by atoms with Gasteiger partial charge in [0.25, 0.3) is 0 Å². The van der Waals surface area contributed by atoms with Gasteiger partial charge in [0.15, 0.2) is 0 Å². The maximum atomic E-state index is 11.7. The van der Waals surface area contributed by atoms with E-state index in [4.69, 9.17) is 4.74 Å². The number of hydrogen-bond acceptors (Lipinski definition) is 5. The Morgan fingerprint density at radius 3 is 2.76 bits per heavy atom. The number of aryl methyl sites for hydroxylation is 1. The van der Waals surface area contributed by atoms with Gasteiger partial charge in [0.05, 0.1) is 17.6 Å². The first-order valence-corrected chi connectivity index (χ1v) is 5.46. The fourth-order valence-electron chi connectivity index (χ4n) is 1.73. The molecule has 1 aromatic heterocycles. The van der Waals surface area contributed by atoms with Crippen LogP contribution in [0.25, 0.3) is 0 Å². The number of ether oxygens (including phenoxy) is 1. The van der Waals surface area contributed by atoms with Crippen molar-refractivity contribution >= 4 is 11.7 Å². The van der Waals surface area contributed by atoms with Gasteiger partial charge in [-0.2, -0.15) is 5.10 Å². The zero-order valence-electron chi connectivity index (χ0n) is 9.67. The number of aromatic nitrogens is 2. The van der Waals surface area contributed by atoms with E-state index >= 15 is 0 Å². The molecule has 1 aliphatic carbocycles. The summed E-state index contributed by atoms with van der Waals surface area (Å²) >= 11 is 0. The lowest BCUT2D eigenvalue weighted by Crippen LogP contribution is -2.14. The Hall–Kier alpha value is -1.92. The largest absolute Gasteiger partial charge is 0.461 e. The van der Waals surface area contributed by atoms with Crippen molar-refractivity contribution < 1.29 is 14.5 Å². The van der Waals surface area contributed by atoms with Crippen molar-refractivity contribution in [2.45, 2.75) is 32.7 Å². The lowest BCUT2D eigenvalue weighted by molar-refractivity contribution is -0.385. The normalized spacial score (nSPS) is 14.7. The average Bonchev–Trinajstić information content (AvgIpc) is 3.02. The molecule has 1 aromatic rings. The van der Waals surface area contributed by atoms with Crippen molar-refractivity contribution in [3.63, 3.8) is 0 Å². The summed E-state index contributed by atoms with van der Waals surface area (Å²) in [6, 6.07) is 0.0989. The minimum atomic E-state index is -0.674. The quantitative estimate of drug-likeness (QED) is 0.452. The topological polar surface area (TPSA) is 87.3 Å². The molecule has 7 nitrogen and oxygen atoms in total. The van der Waals surface area contributed by atoms with E-state index in [1.807, 2.05) is 0 Å². The summed E-state index contributed by atoms with van der Waals surface area (Å²) in [6.07, 6.45) is 1.79. The van der Waals surface area contributed by atoms with Gasteiger partial charge in [0, 0.05) is 0 Å². The van der Waals surface area contributed by atoms with Crippen molar-refractivity contribution in [3.8, 4) is 0 Å². The van der Waals surface area contributed by atoms with E-state index in [0.717, 1.165) is 12.8 Å². The van der Waals surface area contributed by atoms with Crippen LogP contribution in [0, 0.1) is 17.0 Å². The minimum Gasteiger partial charge on any atom is -0.461 e. The predicted octanol–water partition coefficient (Wildman–Crippen LogP) is 1.61. The van der Waals surface area contributed by atoms with Gasteiger partial charge in [-0.15, -0.1) is 0 Å². The molecule has 0 radical (unpaired) electrons. The first kappa shape index (κ1) is 11.6. The third-order valence-electron chi connectivity index (χ3n) is 2.60. The first-order chi connectivity index (χ1) is 8.06. The summed E-state index contributed by atoms with van der Waals surface area (Å²) < 4.78 is 6.28. The number of carbonyl (C=O) groups is 1. The number of nitro groups is 1. The fraction of sp³-hybridized carbons (Fsp3) is 0.600. The van der Waals surface area contributed by atoms with E-state index in [-0.39, 0.29) is 29.7 Å². The smallest absolute Gasteiger partial charge is 0.363 e. The first-order valence-electron chi connectivity index (χ1n) is 5.46. The predicted molar refractivity (Wildman–Crippen MR) is 57.8 cm³/mol. The standard InChI is InChI=1S/C10H13N3O4/c1-3-17-10(14)9-8(13(15)16)6(2)11-12(9)7-4-5-7/h7H,3-5H2,1-2H3. The highest BCUT2D eigenvalue weighted by molar-refractivity contribution is 5.92. The molecule has 1 fully saturated rings. The van der Waals surface area contributed by atoms with Crippen molar-refractivity contribution in [1.29, 1.82) is 0 Å². The van der Waals surface area contributed by atoms with Crippen molar-refractivity contribution in [2.24, 2.45) is 0 Å². The van der Waals surface area contributed by atoms with Gasteiger partial charge in [-0.1, -0.05) is 0 Å². The molecule has 0 unspecified atom stereocenters. The number of nitrogens with zero attached hydrogens (tertiary/aromatic N) is 3. The van der Waals surface area contributed by atoms with Crippen LogP contribution in [0.2, 0.25) is 0 Å². The Bertz CT molecular complexity index is 476. The van der Waals surface area contributed by atoms with E-state index in [0.29, 0.717) is 0 Å². The Balaban J connectivity index is 2.50. The van der Waals surface area contributed by atoms with E-state index < -0.39 is 10.9 Å². The van der Waals surface area contributed by atoms with Crippen molar-refractivity contribution in [3.05, 3.63) is 21.5 Å². The second-order valence-corrected chi connectivity index (χ2v) is 3.94. The summed E-state index contributed by atoms with van der Waals surface area (Å²) in [7, 11) is 0. The fourth-order valence-corrected chi connectivity index (χ4v) is 1.73. The van der Waals surface area contributed by atoms with Gasteiger partial charge in [0.2, 0.25) is 5.69 Å². The molecule has 0 aliphatic heterocycles. The monoisotopic (exact) mass is 239 g/mol. The molecule has 0 bridgehead atoms. The molecule has 17 heavy (non-hydrogen) atoms. The maximum absolute atomic E-state index is 11.7. The van der Waals surface area contributed by atoms with Gasteiger partial charge in [-0.05, 0) is 26.7 Å². The van der Waals surface area contributed by atoms with Gasteiger partial charge >= 0.3 is 11.7 Å². The average molecular weight is 239 g/mol. The zero-order valence-corrected chi connectivity index (χ0v) is 9.67. The second kappa shape index (κ2) is 4.15. The van der Waals surface area contributed by atoms with Crippen LogP contribution < -0.4 is 0 Å². The summed E-state index contributed by atoms with van der Waals surface area (Å²) in [4.78, 5) is 22.1. The molecule has 1 aliphatic rings. The lowest BCUT2D eigenvalue weighted by atomic mass is 10.3. The number of esters is 1. The van der Waals surface area contributed by atoms with Gasteiger partial charge < -0.3 is 4.74 Å². The number of hydrogen-bond donors (Lipinski definition) is 0. The molecular weight excluding hydrogens is 226 g/mol. The number of carbonyl (C=O) groups excluding carboxylic acids is 1. The third kappa shape index (κ3) is 2.00. The Kier molecular flexibility index (Phi) is 2.83. The zero-order chi connectivity index (χ0) is 12.6. The van der Waals surface area contributed by atoms with E-state index in [2.05, 4.69) is 5.10 Å². The van der Waals surface area contributed by atoms with Crippen LogP contribution in [0.5, 0.6) is 0 Å². The van der Waals surface area contributed by atoms with Gasteiger partial charge in [-0.25, -0.2) is 9.48 Å². The van der Waals surface area contributed by atoms with Crippen LogP contribution >= 0.6 is 0 Å². The van der Waals surface area contributed by atoms with E-state index in [1.54, 1.807) is 6.92 Å². The SMILES string of the molecule is CCOC(=O)c1c([N+](=O)[O-])c(C)nn1C1CC1. The lowest BCUT2D eigenvalue weighted by Gasteiger charge is -2.04. The van der Waals surface area contributed by atoms with Crippen LogP contribution in [0.1, 0.15) is 42.0 Å². The van der Waals surface area contributed by atoms with Crippen LogP contribution in [-0.2, 0) is 4.74 Å².